The van der Waals surface area contributed by atoms with Gasteiger partial charge in [0.25, 0.3) is 0 Å². The molecule has 0 aliphatic heterocycles. The number of aromatic nitrogens is 5. The fraction of sp³-hybridized carbons (Fsp3) is 0.232. The third-order valence-corrected chi connectivity index (χ3v) is 15.1. The molecule has 0 N–H and O–H groups in total. The van der Waals surface area contributed by atoms with Crippen LogP contribution in [-0.2, 0) is 21.7 Å². The van der Waals surface area contributed by atoms with Crippen molar-refractivity contribution < 1.29 is 0 Å². The highest BCUT2D eigenvalue weighted by molar-refractivity contribution is 6.12. The molecule has 374 valence electrons. The minimum absolute atomic E-state index is 0.0663. The van der Waals surface area contributed by atoms with E-state index in [1.165, 1.54) is 22.3 Å². The van der Waals surface area contributed by atoms with Crippen molar-refractivity contribution in [3.8, 4) is 56.7 Å². The van der Waals surface area contributed by atoms with Crippen LogP contribution < -0.4 is 0 Å². The van der Waals surface area contributed by atoms with Gasteiger partial charge < -0.3 is 9.13 Å². The number of hydrogen-bond acceptors (Lipinski definition) is 3. The maximum Gasteiger partial charge on any atom is 0.194 e. The topological polar surface area (TPSA) is 57.2 Å². The Labute approximate surface area is 447 Å². The second kappa shape index (κ2) is 18.0. The minimum Gasteiger partial charge on any atom is -0.309 e. The summed E-state index contributed by atoms with van der Waals surface area (Å²) in [4.78, 5) is 24.3. The molecular formula is C69H63N7. The van der Waals surface area contributed by atoms with Crippen LogP contribution in [0, 0.1) is 13.1 Å². The van der Waals surface area contributed by atoms with Crippen LogP contribution in [0.25, 0.3) is 110 Å². The summed E-state index contributed by atoms with van der Waals surface area (Å²) in [5, 5.41) is 4.64. The van der Waals surface area contributed by atoms with Gasteiger partial charge in [0, 0.05) is 38.2 Å². The molecule has 0 aliphatic carbocycles. The largest absolute Gasteiger partial charge is 0.309 e. The Kier molecular flexibility index (Phi) is 11.8. The van der Waals surface area contributed by atoms with Crippen molar-refractivity contribution in [1.82, 2.24) is 24.1 Å². The van der Waals surface area contributed by atoms with Gasteiger partial charge in [-0.3, -0.25) is 0 Å². The minimum atomic E-state index is -0.0821. The zero-order valence-electron chi connectivity index (χ0n) is 45.7. The molecule has 7 nitrogen and oxygen atoms in total. The van der Waals surface area contributed by atoms with Gasteiger partial charge in [-0.15, -0.1) is 0 Å². The van der Waals surface area contributed by atoms with E-state index in [-0.39, 0.29) is 21.7 Å². The zero-order valence-corrected chi connectivity index (χ0v) is 45.7. The quantitative estimate of drug-likeness (QED) is 0.156. The van der Waals surface area contributed by atoms with Gasteiger partial charge in [0.15, 0.2) is 28.8 Å². The molecule has 3 aromatic heterocycles. The summed E-state index contributed by atoms with van der Waals surface area (Å²) in [5.74, 6) is 1.42. The SMILES string of the molecule is [C-]#[N+]c1ccc(-n2c3ccc(C(C)(C)C)cc3c3cc(C(C)(C)C)ccc32)c(-c2nc(-c3ccccc3)nc(-c3ccc(-c4ccccc4[N+]#[C-])cc3-n3c4ccc(C(C)(C)C)cc4c4cc(C(C)(C)C)ccc43)n2)c1. The number of rotatable bonds is 6. The number of benzene rings is 8. The molecule has 0 unspecified atom stereocenters. The average Bonchev–Trinajstić information content (AvgIpc) is 3.96. The number of nitrogens with zero attached hydrogens (tertiary/aromatic N) is 7. The summed E-state index contributed by atoms with van der Waals surface area (Å²) < 4.78 is 4.68. The molecule has 0 aliphatic rings. The van der Waals surface area contributed by atoms with Gasteiger partial charge in [0.2, 0.25) is 0 Å². The van der Waals surface area contributed by atoms with E-state index >= 15 is 0 Å². The van der Waals surface area contributed by atoms with E-state index in [9.17, 15) is 0 Å². The maximum absolute atomic E-state index is 8.33. The number of hydrogen-bond donors (Lipinski definition) is 0. The van der Waals surface area contributed by atoms with Crippen molar-refractivity contribution in [3.05, 3.63) is 209 Å². The molecular weight excluding hydrogens is 927 g/mol. The van der Waals surface area contributed by atoms with E-state index in [1.54, 1.807) is 0 Å². The lowest BCUT2D eigenvalue weighted by Gasteiger charge is -2.20. The molecule has 3 heterocycles. The molecule has 7 heteroatoms. The molecule has 8 aromatic carbocycles. The highest BCUT2D eigenvalue weighted by Gasteiger charge is 2.27. The van der Waals surface area contributed by atoms with E-state index in [0.717, 1.165) is 77.2 Å². The summed E-state index contributed by atoms with van der Waals surface area (Å²) in [7, 11) is 0. The van der Waals surface area contributed by atoms with Crippen LogP contribution in [0.3, 0.4) is 0 Å². The number of fused-ring (bicyclic) bond motifs is 6. The average molecular weight is 990 g/mol. The Bertz CT molecular complexity index is 4080. The van der Waals surface area contributed by atoms with E-state index in [2.05, 4.69) is 193 Å². The summed E-state index contributed by atoms with van der Waals surface area (Å²) >= 11 is 0. The Morgan fingerprint density at radius 1 is 0.342 bits per heavy atom. The Hall–Kier alpha value is -8.65. The van der Waals surface area contributed by atoms with Gasteiger partial charge in [-0.05, 0) is 128 Å². The van der Waals surface area contributed by atoms with Crippen LogP contribution in [0.4, 0.5) is 11.4 Å². The molecule has 11 aromatic rings. The van der Waals surface area contributed by atoms with E-state index < -0.39 is 0 Å². The van der Waals surface area contributed by atoms with Gasteiger partial charge >= 0.3 is 0 Å². The van der Waals surface area contributed by atoms with Crippen LogP contribution in [-0.4, -0.2) is 24.1 Å². The maximum atomic E-state index is 8.33. The van der Waals surface area contributed by atoms with Crippen LogP contribution in [0.2, 0.25) is 0 Å². The lowest BCUT2D eigenvalue weighted by atomic mass is 9.85. The monoisotopic (exact) mass is 990 g/mol. The first kappa shape index (κ1) is 49.6. The summed E-state index contributed by atoms with van der Waals surface area (Å²) in [5.41, 5.74) is 15.7. The van der Waals surface area contributed by atoms with Crippen LogP contribution in [0.5, 0.6) is 0 Å². The van der Waals surface area contributed by atoms with Crippen LogP contribution in [0.15, 0.2) is 164 Å². The molecule has 0 fully saturated rings. The first-order valence-corrected chi connectivity index (χ1v) is 26.2. The van der Waals surface area contributed by atoms with Crippen molar-refractivity contribution in [2.75, 3.05) is 0 Å². The van der Waals surface area contributed by atoms with Gasteiger partial charge in [0.1, 0.15) is 0 Å². The van der Waals surface area contributed by atoms with E-state index in [0.29, 0.717) is 34.4 Å². The third-order valence-electron chi connectivity index (χ3n) is 15.1. The predicted molar refractivity (Wildman–Crippen MR) is 318 cm³/mol. The lowest BCUT2D eigenvalue weighted by molar-refractivity contribution is 0.590. The lowest BCUT2D eigenvalue weighted by Crippen LogP contribution is -2.10. The summed E-state index contributed by atoms with van der Waals surface area (Å²) in [6.07, 6.45) is 0. The van der Waals surface area contributed by atoms with Gasteiger partial charge in [-0.2, -0.15) is 0 Å². The predicted octanol–water partition coefficient (Wildman–Crippen LogP) is 19.0. The molecule has 0 amide bonds. The van der Waals surface area contributed by atoms with Crippen molar-refractivity contribution in [2.24, 2.45) is 0 Å². The van der Waals surface area contributed by atoms with Gasteiger partial charge in [-0.25, -0.2) is 24.6 Å². The van der Waals surface area contributed by atoms with Gasteiger partial charge in [-0.1, -0.05) is 174 Å². The molecule has 0 radical (unpaired) electrons. The van der Waals surface area contributed by atoms with E-state index in [1.807, 2.05) is 72.8 Å². The highest BCUT2D eigenvalue weighted by atomic mass is 15.1. The molecule has 0 saturated carbocycles. The molecule has 76 heavy (non-hydrogen) atoms. The molecule has 11 rings (SSSR count). The molecule has 0 bridgehead atoms. The smallest absolute Gasteiger partial charge is 0.194 e. The van der Waals surface area contributed by atoms with E-state index in [4.69, 9.17) is 28.1 Å². The molecule has 0 saturated heterocycles. The fourth-order valence-corrected chi connectivity index (χ4v) is 10.6. The molecule has 0 spiro atoms. The van der Waals surface area contributed by atoms with Crippen molar-refractivity contribution in [3.63, 3.8) is 0 Å². The third kappa shape index (κ3) is 8.70. The normalized spacial score (nSPS) is 12.4. The molecule has 0 atom stereocenters. The van der Waals surface area contributed by atoms with Crippen LogP contribution in [0.1, 0.15) is 105 Å². The zero-order chi connectivity index (χ0) is 53.6. The Morgan fingerprint density at radius 3 is 1.24 bits per heavy atom. The van der Waals surface area contributed by atoms with Crippen molar-refractivity contribution in [2.45, 2.75) is 105 Å². The number of para-hydroxylation sites is 1. The summed E-state index contributed by atoms with van der Waals surface area (Å²) in [6.45, 7) is 43.7. The second-order valence-corrected chi connectivity index (χ2v) is 24.4. The van der Waals surface area contributed by atoms with Gasteiger partial charge in [0.05, 0.1) is 46.6 Å². The first-order chi connectivity index (χ1) is 36.1. The second-order valence-electron chi connectivity index (χ2n) is 24.4. The highest BCUT2D eigenvalue weighted by Crippen LogP contribution is 2.44. The Balaban J connectivity index is 1.24. The standard InChI is InChI=1S/C69H63N7/c1-66(2,3)44-25-31-57-51(37-44)52-38-45(67(4,5)6)26-32-58(52)75(57)61-35-29-48(70-13)41-55(61)65-73-63(42-20-16-15-17-21-42)72-64(74-65)50-30-24-43(49-22-18-19-23-56(49)71-14)36-62(50)76-59-33-27-46(68(7,8)9)39-53(59)54-40-47(69(10,11)12)28-34-60(54)76/h15-41H,1-12H3. The van der Waals surface area contributed by atoms with Crippen LogP contribution >= 0.6 is 0 Å². The Morgan fingerprint density at radius 2 is 0.776 bits per heavy atom. The van der Waals surface area contributed by atoms with Crippen molar-refractivity contribution in [1.29, 1.82) is 0 Å². The summed E-state index contributed by atoms with van der Waals surface area (Å²) in [6, 6.07) is 57.6. The van der Waals surface area contributed by atoms with Crippen molar-refractivity contribution >= 4 is 55.0 Å². The first-order valence-electron chi connectivity index (χ1n) is 26.2. The fourth-order valence-electron chi connectivity index (χ4n) is 10.6.